The van der Waals surface area contributed by atoms with Gasteiger partial charge in [0.2, 0.25) is 5.90 Å². The molecule has 1 radical (unpaired) electrons. The zero-order valence-electron chi connectivity index (χ0n) is 10.6. The summed E-state index contributed by atoms with van der Waals surface area (Å²) >= 11 is 0. The van der Waals surface area contributed by atoms with Crippen molar-refractivity contribution in [1.29, 1.82) is 0 Å². The van der Waals surface area contributed by atoms with E-state index in [4.69, 9.17) is 9.47 Å². The molecule has 0 bridgehead atoms. The van der Waals surface area contributed by atoms with E-state index < -0.39 is 0 Å². The largest absolute Gasteiger partial charge is 0.453 e. The Balaban J connectivity index is 0.00000147. The van der Waals surface area contributed by atoms with Crippen LogP contribution in [0.15, 0.2) is 70.6 Å². The second-order valence-electron chi connectivity index (χ2n) is 3.94. The fourth-order valence-electron chi connectivity index (χ4n) is 1.64. The van der Waals surface area contributed by atoms with Gasteiger partial charge in [-0.15, -0.1) is 0 Å². The molecule has 2 aromatic rings. The first-order valence-corrected chi connectivity index (χ1v) is 5.97. The number of hydrogen-bond donors (Lipinski definition) is 0. The van der Waals surface area contributed by atoms with E-state index >= 15 is 0 Å². The summed E-state index contributed by atoms with van der Waals surface area (Å²) in [6.07, 6.45) is 0. The maximum Gasteiger partial charge on any atom is 0.320 e. The molecule has 0 amide bonds. The first-order chi connectivity index (χ1) is 9.40. The first-order valence-electron chi connectivity index (χ1n) is 5.97. The van der Waals surface area contributed by atoms with E-state index in [0.29, 0.717) is 18.5 Å². The number of nitrogens with zero attached hydrogens (tertiary/aromatic N) is 2. The van der Waals surface area contributed by atoms with Gasteiger partial charge in [0.15, 0.2) is 6.61 Å². The molecule has 0 aromatic heterocycles. The Kier molecular flexibility index (Phi) is 4.99. The van der Waals surface area contributed by atoms with Crippen molar-refractivity contribution in [2.45, 2.75) is 0 Å². The fraction of sp³-hybridized carbons (Fsp3) is 0.0667. The molecule has 20 heavy (non-hydrogen) atoms. The molecular weight excluding hydrogens is 291 g/mol. The van der Waals surface area contributed by atoms with Crippen molar-refractivity contribution >= 4 is 17.6 Å². The number of ether oxygens (including phenoxy) is 2. The van der Waals surface area contributed by atoms with Crippen LogP contribution >= 0.6 is 0 Å². The van der Waals surface area contributed by atoms with Crippen LogP contribution in [-0.2, 0) is 23.3 Å². The van der Waals surface area contributed by atoms with Crippen LogP contribution in [0.3, 0.4) is 0 Å². The molecular formula is C15H12N2O2V. The molecule has 0 fully saturated rings. The summed E-state index contributed by atoms with van der Waals surface area (Å²) in [4.78, 5) is 8.48. The third-order valence-electron chi connectivity index (χ3n) is 2.50. The Morgan fingerprint density at radius 3 is 2.30 bits per heavy atom. The minimum Gasteiger partial charge on any atom is -0.453 e. The van der Waals surface area contributed by atoms with Gasteiger partial charge in [0, 0.05) is 18.6 Å². The quantitative estimate of drug-likeness (QED) is 0.855. The van der Waals surface area contributed by atoms with Crippen molar-refractivity contribution in [1.82, 2.24) is 0 Å². The monoisotopic (exact) mass is 303 g/mol. The summed E-state index contributed by atoms with van der Waals surface area (Å²) in [7, 11) is 0. The molecule has 0 saturated carbocycles. The zero-order valence-corrected chi connectivity index (χ0v) is 12.0. The Morgan fingerprint density at radius 1 is 0.950 bits per heavy atom. The molecule has 0 atom stereocenters. The number of para-hydroxylation sites is 2. The van der Waals surface area contributed by atoms with Gasteiger partial charge < -0.3 is 9.47 Å². The van der Waals surface area contributed by atoms with E-state index in [1.54, 1.807) is 0 Å². The summed E-state index contributed by atoms with van der Waals surface area (Å²) in [6, 6.07) is 19.4. The molecule has 1 aliphatic rings. The van der Waals surface area contributed by atoms with Crippen LogP contribution in [0, 0.1) is 0 Å². The van der Waals surface area contributed by atoms with E-state index in [0.717, 1.165) is 11.4 Å². The van der Waals surface area contributed by atoms with Crippen LogP contribution < -0.4 is 4.74 Å². The van der Waals surface area contributed by atoms with Crippen LogP contribution in [-0.4, -0.2) is 18.5 Å². The van der Waals surface area contributed by atoms with Gasteiger partial charge >= 0.3 is 6.02 Å². The second-order valence-corrected chi connectivity index (χ2v) is 3.94. The summed E-state index contributed by atoms with van der Waals surface area (Å²) in [5.74, 6) is 1.26. The number of rotatable bonds is 2. The average Bonchev–Trinajstić information content (AvgIpc) is 2.88. The third-order valence-corrected chi connectivity index (χ3v) is 2.50. The van der Waals surface area contributed by atoms with Gasteiger partial charge in [0.05, 0.1) is 5.69 Å². The molecule has 99 valence electrons. The van der Waals surface area contributed by atoms with E-state index in [2.05, 4.69) is 9.98 Å². The zero-order chi connectivity index (χ0) is 12.9. The Bertz CT molecular complexity index is 612. The van der Waals surface area contributed by atoms with E-state index in [9.17, 15) is 0 Å². The van der Waals surface area contributed by atoms with Crippen LogP contribution in [0.1, 0.15) is 0 Å². The van der Waals surface area contributed by atoms with E-state index in [1.807, 2.05) is 60.7 Å². The molecule has 1 heterocycles. The normalized spacial score (nSPS) is 15.2. The first kappa shape index (κ1) is 14.4. The van der Waals surface area contributed by atoms with Crippen molar-refractivity contribution in [3.63, 3.8) is 0 Å². The van der Waals surface area contributed by atoms with E-state index in [-0.39, 0.29) is 18.6 Å². The summed E-state index contributed by atoms with van der Waals surface area (Å²) in [6.45, 7) is 0.306. The van der Waals surface area contributed by atoms with Gasteiger partial charge in [-0.3, -0.25) is 0 Å². The molecule has 0 N–H and O–H groups in total. The fourth-order valence-corrected chi connectivity index (χ4v) is 1.64. The average molecular weight is 303 g/mol. The summed E-state index contributed by atoms with van der Waals surface area (Å²) < 4.78 is 11.0. The van der Waals surface area contributed by atoms with Gasteiger partial charge in [-0.2, -0.15) is 9.98 Å². The third kappa shape index (κ3) is 3.73. The predicted octanol–water partition coefficient (Wildman–Crippen LogP) is 3.18. The minimum atomic E-state index is 0. The molecule has 1 aliphatic heterocycles. The van der Waals surface area contributed by atoms with Gasteiger partial charge in [-0.1, -0.05) is 36.4 Å². The predicted molar refractivity (Wildman–Crippen MR) is 74.0 cm³/mol. The van der Waals surface area contributed by atoms with Gasteiger partial charge in [0.1, 0.15) is 5.75 Å². The van der Waals surface area contributed by atoms with E-state index in [1.165, 1.54) is 0 Å². The van der Waals surface area contributed by atoms with Crippen molar-refractivity contribution < 1.29 is 28.0 Å². The Morgan fingerprint density at radius 2 is 1.60 bits per heavy atom. The number of amidine groups is 1. The van der Waals surface area contributed by atoms with Crippen LogP contribution in [0.25, 0.3) is 0 Å². The standard InChI is InChI=1S/C15H12N2O2.V/c1-3-7-12(8-4-1)16-15-17-14(11-18-15)19-13-9-5-2-6-10-13;/h1-10H,11H2;. The molecule has 5 heteroatoms. The molecule has 4 nitrogen and oxygen atoms in total. The van der Waals surface area contributed by atoms with Crippen molar-refractivity contribution in [2.75, 3.05) is 6.61 Å². The number of hydrogen-bond acceptors (Lipinski definition) is 3. The Labute approximate surface area is 129 Å². The second kappa shape index (κ2) is 6.94. The molecule has 0 spiro atoms. The van der Waals surface area contributed by atoms with Gasteiger partial charge in [0.25, 0.3) is 0 Å². The number of aliphatic imine (C=N–C) groups is 2. The molecule has 0 unspecified atom stereocenters. The van der Waals surface area contributed by atoms with Gasteiger partial charge in [-0.25, -0.2) is 0 Å². The molecule has 2 aromatic carbocycles. The van der Waals surface area contributed by atoms with Crippen molar-refractivity contribution in [3.8, 4) is 5.75 Å². The smallest absolute Gasteiger partial charge is 0.320 e. The number of benzene rings is 2. The summed E-state index contributed by atoms with van der Waals surface area (Å²) in [5.41, 5.74) is 0.808. The molecule has 0 aliphatic carbocycles. The maximum atomic E-state index is 5.59. The van der Waals surface area contributed by atoms with Crippen LogP contribution in [0.5, 0.6) is 5.75 Å². The van der Waals surface area contributed by atoms with Crippen LogP contribution in [0.2, 0.25) is 0 Å². The Hall–Kier alpha value is -2.04. The topological polar surface area (TPSA) is 43.2 Å². The molecule has 0 saturated heterocycles. The maximum absolute atomic E-state index is 5.59. The van der Waals surface area contributed by atoms with Crippen molar-refractivity contribution in [2.24, 2.45) is 9.98 Å². The summed E-state index contributed by atoms with van der Waals surface area (Å²) in [5, 5.41) is 0. The molecule has 3 rings (SSSR count). The van der Waals surface area contributed by atoms with Crippen LogP contribution in [0.4, 0.5) is 5.69 Å². The SMILES string of the molecule is [V].c1ccc(N=C2N=C(Oc3ccccc3)CO2)cc1. The van der Waals surface area contributed by atoms with Gasteiger partial charge in [-0.05, 0) is 24.3 Å². The minimum absolute atomic E-state index is 0. The van der Waals surface area contributed by atoms with Crippen molar-refractivity contribution in [3.05, 3.63) is 60.7 Å².